The van der Waals surface area contributed by atoms with Gasteiger partial charge in [0.2, 0.25) is 0 Å². The van der Waals surface area contributed by atoms with E-state index in [9.17, 15) is 9.59 Å². The van der Waals surface area contributed by atoms with E-state index in [0.717, 1.165) is 38.8 Å². The van der Waals surface area contributed by atoms with E-state index in [2.05, 4.69) is 5.32 Å². The maximum atomic E-state index is 13.8. The molecule has 5 rings (SSSR count). The number of benzene rings is 4. The summed E-state index contributed by atoms with van der Waals surface area (Å²) in [5.74, 6) is -0.696. The molecule has 0 saturated heterocycles. The molecule has 0 fully saturated rings. The first-order valence-corrected chi connectivity index (χ1v) is 11.6. The molecule has 5 nitrogen and oxygen atoms in total. The number of aryl methyl sites for hydroxylation is 2. The van der Waals surface area contributed by atoms with Gasteiger partial charge in [-0.2, -0.15) is 0 Å². The number of fused-ring (bicyclic) bond motifs is 1. The average Bonchev–Trinajstić information content (AvgIpc) is 3.08. The Morgan fingerprint density at radius 3 is 2.20 bits per heavy atom. The van der Waals surface area contributed by atoms with Crippen molar-refractivity contribution in [2.75, 3.05) is 29.2 Å². The summed E-state index contributed by atoms with van der Waals surface area (Å²) in [4.78, 5) is 30.9. The Hall–Kier alpha value is -4.38. The molecule has 2 amide bonds. The number of rotatable bonds is 5. The Balaban J connectivity index is 1.65. The molecular formula is C30H27N3O2. The molecule has 0 unspecified atom stereocenters. The van der Waals surface area contributed by atoms with E-state index in [0.29, 0.717) is 11.3 Å². The molecule has 0 radical (unpaired) electrons. The fourth-order valence-corrected chi connectivity index (χ4v) is 4.59. The zero-order valence-electron chi connectivity index (χ0n) is 20.3. The van der Waals surface area contributed by atoms with E-state index in [1.165, 1.54) is 4.90 Å². The van der Waals surface area contributed by atoms with E-state index >= 15 is 0 Å². The quantitative estimate of drug-likeness (QED) is 0.375. The summed E-state index contributed by atoms with van der Waals surface area (Å²) in [6.45, 7) is 3.98. The second-order valence-electron chi connectivity index (χ2n) is 9.08. The van der Waals surface area contributed by atoms with Crippen LogP contribution in [0.2, 0.25) is 0 Å². The molecule has 1 N–H and O–H groups in total. The lowest BCUT2D eigenvalue weighted by molar-refractivity contribution is -0.120. The highest BCUT2D eigenvalue weighted by atomic mass is 16.2. The first-order valence-electron chi connectivity index (χ1n) is 11.6. The molecule has 35 heavy (non-hydrogen) atoms. The fraction of sp³-hybridized carbons (Fsp3) is 0.133. The molecule has 4 aromatic rings. The number of hydrogen-bond acceptors (Lipinski definition) is 4. The van der Waals surface area contributed by atoms with Gasteiger partial charge in [-0.15, -0.1) is 0 Å². The summed E-state index contributed by atoms with van der Waals surface area (Å²) in [5, 5.41) is 5.38. The molecule has 5 heteroatoms. The van der Waals surface area contributed by atoms with Gasteiger partial charge in [0.25, 0.3) is 11.8 Å². The molecule has 1 aliphatic heterocycles. The molecular weight excluding hydrogens is 434 g/mol. The largest absolute Gasteiger partial charge is 0.378 e. The number of amides is 2. The Morgan fingerprint density at radius 1 is 0.771 bits per heavy atom. The number of hydrogen-bond donors (Lipinski definition) is 1. The molecule has 0 spiro atoms. The fourth-order valence-electron chi connectivity index (χ4n) is 4.59. The van der Waals surface area contributed by atoms with Gasteiger partial charge in [0.15, 0.2) is 0 Å². The number of nitrogens with zero attached hydrogens (tertiary/aromatic N) is 2. The normalized spacial score (nSPS) is 13.7. The molecule has 0 bridgehead atoms. The van der Waals surface area contributed by atoms with Crippen LogP contribution in [0, 0.1) is 13.8 Å². The summed E-state index contributed by atoms with van der Waals surface area (Å²) in [6, 6.07) is 27.2. The molecule has 0 saturated carbocycles. The SMILES string of the molecule is Cc1ccc(C2=C(Nc3cccc4ccccc34)C(=O)N(c3ccc(N(C)C)cc3)C2=O)c(C)c1. The second kappa shape index (κ2) is 8.76. The number of carbonyl (C=O) groups excluding carboxylic acids is 2. The van der Waals surface area contributed by atoms with Gasteiger partial charge in [-0.05, 0) is 60.7 Å². The first kappa shape index (κ1) is 22.4. The van der Waals surface area contributed by atoms with Crippen LogP contribution in [0.4, 0.5) is 17.1 Å². The number of nitrogens with one attached hydrogen (secondary N) is 1. The summed E-state index contributed by atoms with van der Waals surface area (Å²) >= 11 is 0. The van der Waals surface area contributed by atoms with Crippen molar-refractivity contribution < 1.29 is 9.59 Å². The molecule has 1 aliphatic rings. The molecule has 1 heterocycles. The highest BCUT2D eigenvalue weighted by Crippen LogP contribution is 2.36. The summed E-state index contributed by atoms with van der Waals surface area (Å²) in [5.41, 5.74) is 5.79. The van der Waals surface area contributed by atoms with Crippen LogP contribution in [-0.2, 0) is 9.59 Å². The highest BCUT2D eigenvalue weighted by molar-refractivity contribution is 6.46. The second-order valence-corrected chi connectivity index (χ2v) is 9.08. The van der Waals surface area contributed by atoms with Crippen LogP contribution < -0.4 is 15.1 Å². The zero-order chi connectivity index (χ0) is 24.7. The van der Waals surface area contributed by atoms with Crippen LogP contribution >= 0.6 is 0 Å². The van der Waals surface area contributed by atoms with Crippen molar-refractivity contribution in [2.45, 2.75) is 13.8 Å². The Morgan fingerprint density at radius 2 is 1.49 bits per heavy atom. The van der Waals surface area contributed by atoms with Crippen LogP contribution in [-0.4, -0.2) is 25.9 Å². The number of anilines is 3. The number of carbonyl (C=O) groups is 2. The van der Waals surface area contributed by atoms with Gasteiger partial charge in [-0.25, -0.2) is 4.90 Å². The lowest BCUT2D eigenvalue weighted by Gasteiger charge is -2.18. The zero-order valence-corrected chi connectivity index (χ0v) is 20.3. The number of imide groups is 1. The molecule has 174 valence electrons. The van der Waals surface area contributed by atoms with Crippen molar-refractivity contribution in [1.82, 2.24) is 0 Å². The van der Waals surface area contributed by atoms with Gasteiger partial charge >= 0.3 is 0 Å². The van der Waals surface area contributed by atoms with Gasteiger partial charge < -0.3 is 10.2 Å². The van der Waals surface area contributed by atoms with Crippen LogP contribution in [0.5, 0.6) is 0 Å². The highest BCUT2D eigenvalue weighted by Gasteiger charge is 2.40. The van der Waals surface area contributed by atoms with E-state index in [4.69, 9.17) is 0 Å². The third-order valence-corrected chi connectivity index (χ3v) is 6.41. The van der Waals surface area contributed by atoms with Gasteiger partial charge in [-0.3, -0.25) is 9.59 Å². The lowest BCUT2D eigenvalue weighted by Crippen LogP contribution is -2.32. The minimum atomic E-state index is -0.365. The van der Waals surface area contributed by atoms with E-state index in [1.54, 1.807) is 0 Å². The van der Waals surface area contributed by atoms with Crippen LogP contribution in [0.1, 0.15) is 16.7 Å². The Bertz CT molecular complexity index is 1490. The topological polar surface area (TPSA) is 52.7 Å². The van der Waals surface area contributed by atoms with Crippen LogP contribution in [0.25, 0.3) is 16.3 Å². The van der Waals surface area contributed by atoms with Crippen LogP contribution in [0.15, 0.2) is 90.6 Å². The van der Waals surface area contributed by atoms with Gasteiger partial charge in [0.1, 0.15) is 5.70 Å². The minimum absolute atomic E-state index is 0.287. The van der Waals surface area contributed by atoms with Crippen molar-refractivity contribution in [1.29, 1.82) is 0 Å². The van der Waals surface area contributed by atoms with Crippen molar-refractivity contribution in [2.24, 2.45) is 0 Å². The average molecular weight is 462 g/mol. The summed E-state index contributed by atoms with van der Waals surface area (Å²) in [7, 11) is 3.90. The van der Waals surface area contributed by atoms with Crippen LogP contribution in [0.3, 0.4) is 0 Å². The van der Waals surface area contributed by atoms with Crippen molar-refractivity contribution in [3.8, 4) is 0 Å². The minimum Gasteiger partial charge on any atom is -0.378 e. The third kappa shape index (κ3) is 3.95. The van der Waals surface area contributed by atoms with Gasteiger partial charge in [0.05, 0.1) is 11.3 Å². The van der Waals surface area contributed by atoms with E-state index < -0.39 is 0 Å². The maximum absolute atomic E-state index is 13.8. The third-order valence-electron chi connectivity index (χ3n) is 6.41. The summed E-state index contributed by atoms with van der Waals surface area (Å²) in [6.07, 6.45) is 0. The molecule has 0 atom stereocenters. The van der Waals surface area contributed by atoms with Crippen molar-refractivity contribution in [3.63, 3.8) is 0 Å². The Kier molecular flexibility index (Phi) is 5.61. The van der Waals surface area contributed by atoms with Crippen molar-refractivity contribution in [3.05, 3.63) is 107 Å². The predicted octanol–water partition coefficient (Wildman–Crippen LogP) is 5.92. The standard InChI is InChI=1S/C30H27N3O2/c1-19-12-17-24(20(2)18-19)27-28(31-26-11-7-9-21-8-5-6-10-25(21)26)30(35)33(29(27)34)23-15-13-22(14-16-23)32(3)4/h5-18,31H,1-4H3. The maximum Gasteiger partial charge on any atom is 0.282 e. The smallest absolute Gasteiger partial charge is 0.282 e. The van der Waals surface area contributed by atoms with Gasteiger partial charge in [-0.1, -0.05) is 60.2 Å². The predicted molar refractivity (Wildman–Crippen MR) is 144 cm³/mol. The molecule has 4 aromatic carbocycles. The molecule has 0 aromatic heterocycles. The summed E-state index contributed by atoms with van der Waals surface area (Å²) < 4.78 is 0. The first-order chi connectivity index (χ1) is 16.8. The van der Waals surface area contributed by atoms with Crippen molar-refractivity contribution >= 4 is 45.2 Å². The van der Waals surface area contributed by atoms with Gasteiger partial charge in [0, 0.05) is 30.9 Å². The lowest BCUT2D eigenvalue weighted by atomic mass is 9.97. The monoisotopic (exact) mass is 461 g/mol. The Labute approximate surface area is 205 Å². The molecule has 0 aliphatic carbocycles. The van der Waals surface area contributed by atoms with E-state index in [1.807, 2.05) is 118 Å². The van der Waals surface area contributed by atoms with E-state index in [-0.39, 0.29) is 17.5 Å².